The number of rotatable bonds is 2. The first-order chi connectivity index (χ1) is 13.0. The smallest absolute Gasteiger partial charge is 0.257 e. The molecule has 0 saturated heterocycles. The predicted octanol–water partition coefficient (Wildman–Crippen LogP) is 3.44. The van der Waals surface area contributed by atoms with E-state index in [9.17, 15) is 9.18 Å². The van der Waals surface area contributed by atoms with Crippen LogP contribution in [0.4, 0.5) is 16.0 Å². The van der Waals surface area contributed by atoms with E-state index in [1.54, 1.807) is 19.1 Å². The van der Waals surface area contributed by atoms with Crippen molar-refractivity contribution < 1.29 is 4.39 Å². The average Bonchev–Trinajstić information content (AvgIpc) is 2.61. The van der Waals surface area contributed by atoms with Crippen LogP contribution in [0, 0.1) is 19.7 Å². The Morgan fingerprint density at radius 1 is 1.11 bits per heavy atom. The van der Waals surface area contributed by atoms with Gasteiger partial charge in [-0.05, 0) is 49.2 Å². The zero-order valence-electron chi connectivity index (χ0n) is 14.9. The van der Waals surface area contributed by atoms with Crippen molar-refractivity contribution in [1.82, 2.24) is 9.55 Å². The number of anilines is 2. The summed E-state index contributed by atoms with van der Waals surface area (Å²) in [4.78, 5) is 21.6. The molecule has 0 amide bonds. The van der Waals surface area contributed by atoms with Gasteiger partial charge in [-0.25, -0.2) is 14.4 Å². The summed E-state index contributed by atoms with van der Waals surface area (Å²) < 4.78 is 14.8. The van der Waals surface area contributed by atoms with Crippen molar-refractivity contribution in [2.24, 2.45) is 4.99 Å². The van der Waals surface area contributed by atoms with Gasteiger partial charge in [0.2, 0.25) is 11.9 Å². The second-order valence-electron chi connectivity index (χ2n) is 6.45. The first kappa shape index (κ1) is 17.0. The molecule has 136 valence electrons. The number of hydrogen-bond acceptors (Lipinski definition) is 5. The van der Waals surface area contributed by atoms with Gasteiger partial charge in [0.1, 0.15) is 5.82 Å². The molecule has 0 fully saturated rings. The summed E-state index contributed by atoms with van der Waals surface area (Å²) in [5.41, 5.74) is 3.04. The minimum atomic E-state index is -0.644. The number of aryl methyl sites for hydroxylation is 2. The molecule has 0 bridgehead atoms. The lowest BCUT2D eigenvalue weighted by molar-refractivity contribution is 0.573. The van der Waals surface area contributed by atoms with Crippen LogP contribution in [0.2, 0.25) is 0 Å². The molecule has 4 rings (SSSR count). The second kappa shape index (κ2) is 6.68. The quantitative estimate of drug-likeness (QED) is 0.732. The number of aliphatic imine (C=N–C) groups is 1. The number of guanidine groups is 1. The van der Waals surface area contributed by atoms with Crippen molar-refractivity contribution in [3.63, 3.8) is 0 Å². The van der Waals surface area contributed by atoms with Gasteiger partial charge in [-0.15, -0.1) is 0 Å². The van der Waals surface area contributed by atoms with Gasteiger partial charge in [-0.3, -0.25) is 14.7 Å². The highest BCUT2D eigenvalue weighted by Crippen LogP contribution is 2.26. The maximum absolute atomic E-state index is 13.3. The molecular formula is C20H18FN5O. The highest BCUT2D eigenvalue weighted by atomic mass is 19.1. The Hall–Kier alpha value is -3.48. The molecule has 0 saturated carbocycles. The van der Waals surface area contributed by atoms with E-state index in [-0.39, 0.29) is 11.4 Å². The first-order valence-electron chi connectivity index (χ1n) is 8.54. The SMILES string of the molecule is Cc1cccc(NC2=NC(c3ccc(F)cc3)n3c(nc(C)cc3=O)N2)c1. The van der Waals surface area contributed by atoms with Gasteiger partial charge in [0.15, 0.2) is 6.17 Å². The summed E-state index contributed by atoms with van der Waals surface area (Å²) in [6.07, 6.45) is -0.644. The Morgan fingerprint density at radius 3 is 2.63 bits per heavy atom. The summed E-state index contributed by atoms with van der Waals surface area (Å²) in [7, 11) is 0. The molecule has 1 aliphatic heterocycles. The van der Waals surface area contributed by atoms with Crippen molar-refractivity contribution in [1.29, 1.82) is 0 Å². The molecule has 2 heterocycles. The van der Waals surface area contributed by atoms with Crippen LogP contribution in [0.3, 0.4) is 0 Å². The molecule has 27 heavy (non-hydrogen) atoms. The standard InChI is InChI=1S/C20H18FN5O/c1-12-4-3-5-16(10-12)23-19-24-18(14-6-8-15(21)9-7-14)26-17(27)11-13(2)22-20(26)25-19/h3-11,18H,1-2H3,(H2,22,23,24,25). The van der Waals surface area contributed by atoms with Gasteiger partial charge in [-0.1, -0.05) is 24.3 Å². The molecule has 1 atom stereocenters. The van der Waals surface area contributed by atoms with Crippen LogP contribution in [0.25, 0.3) is 0 Å². The van der Waals surface area contributed by atoms with Crippen LogP contribution < -0.4 is 16.2 Å². The van der Waals surface area contributed by atoms with E-state index in [4.69, 9.17) is 0 Å². The summed E-state index contributed by atoms with van der Waals surface area (Å²) in [6, 6.07) is 15.3. The lowest BCUT2D eigenvalue weighted by Crippen LogP contribution is -2.37. The number of benzene rings is 2. The third kappa shape index (κ3) is 3.44. The van der Waals surface area contributed by atoms with Crippen molar-refractivity contribution in [2.75, 3.05) is 10.6 Å². The van der Waals surface area contributed by atoms with E-state index < -0.39 is 6.17 Å². The predicted molar refractivity (Wildman–Crippen MR) is 104 cm³/mol. The first-order valence-corrected chi connectivity index (χ1v) is 8.54. The van der Waals surface area contributed by atoms with Gasteiger partial charge >= 0.3 is 0 Å². The van der Waals surface area contributed by atoms with Crippen LogP contribution in [0.1, 0.15) is 23.0 Å². The van der Waals surface area contributed by atoms with E-state index >= 15 is 0 Å². The third-order valence-electron chi connectivity index (χ3n) is 4.26. The highest BCUT2D eigenvalue weighted by Gasteiger charge is 2.25. The molecule has 3 aromatic rings. The van der Waals surface area contributed by atoms with Crippen LogP contribution in [0.5, 0.6) is 0 Å². The molecule has 0 radical (unpaired) electrons. The lowest BCUT2D eigenvalue weighted by Gasteiger charge is -2.27. The van der Waals surface area contributed by atoms with E-state index in [0.717, 1.165) is 11.3 Å². The van der Waals surface area contributed by atoms with Crippen LogP contribution in [0.15, 0.2) is 64.4 Å². The van der Waals surface area contributed by atoms with Crippen molar-refractivity contribution >= 4 is 17.6 Å². The van der Waals surface area contributed by atoms with Crippen LogP contribution in [-0.4, -0.2) is 15.5 Å². The Kier molecular flexibility index (Phi) is 4.19. The molecular weight excluding hydrogens is 345 g/mol. The van der Waals surface area contributed by atoms with Gasteiger partial charge in [0.05, 0.1) is 0 Å². The number of fused-ring (bicyclic) bond motifs is 1. The minimum absolute atomic E-state index is 0.224. The minimum Gasteiger partial charge on any atom is -0.326 e. The molecule has 0 aliphatic carbocycles. The summed E-state index contributed by atoms with van der Waals surface area (Å²) in [6.45, 7) is 3.76. The van der Waals surface area contributed by atoms with Gasteiger partial charge in [0.25, 0.3) is 5.56 Å². The van der Waals surface area contributed by atoms with Gasteiger partial charge in [0, 0.05) is 17.4 Å². The lowest BCUT2D eigenvalue weighted by atomic mass is 10.1. The Labute approximate surface area is 155 Å². The van der Waals surface area contributed by atoms with Crippen molar-refractivity contribution in [2.45, 2.75) is 20.0 Å². The monoisotopic (exact) mass is 363 g/mol. The largest absolute Gasteiger partial charge is 0.326 e. The molecule has 1 aromatic heterocycles. The van der Waals surface area contributed by atoms with E-state index in [1.165, 1.54) is 22.8 Å². The number of hydrogen-bond donors (Lipinski definition) is 2. The Bertz CT molecular complexity index is 1090. The third-order valence-corrected chi connectivity index (χ3v) is 4.26. The van der Waals surface area contributed by atoms with Crippen LogP contribution >= 0.6 is 0 Å². The molecule has 2 N–H and O–H groups in total. The molecule has 6 nitrogen and oxygen atoms in total. The number of nitrogens with zero attached hydrogens (tertiary/aromatic N) is 3. The molecule has 0 spiro atoms. The molecule has 1 aliphatic rings. The normalized spacial score (nSPS) is 15.5. The fourth-order valence-corrected chi connectivity index (χ4v) is 3.03. The topological polar surface area (TPSA) is 71.3 Å². The fourth-order valence-electron chi connectivity index (χ4n) is 3.03. The highest BCUT2D eigenvalue weighted by molar-refractivity contribution is 6.03. The second-order valence-corrected chi connectivity index (χ2v) is 6.45. The molecule has 7 heteroatoms. The number of halogens is 1. The molecule has 2 aromatic carbocycles. The Morgan fingerprint density at radius 2 is 1.89 bits per heavy atom. The fraction of sp³-hybridized carbons (Fsp3) is 0.150. The maximum Gasteiger partial charge on any atom is 0.257 e. The average molecular weight is 363 g/mol. The summed E-state index contributed by atoms with van der Waals surface area (Å²) in [5.74, 6) is 0.510. The summed E-state index contributed by atoms with van der Waals surface area (Å²) in [5, 5.41) is 6.30. The van der Waals surface area contributed by atoms with Gasteiger partial charge in [-0.2, -0.15) is 0 Å². The van der Waals surface area contributed by atoms with E-state index in [0.29, 0.717) is 23.2 Å². The zero-order valence-corrected chi connectivity index (χ0v) is 14.9. The van der Waals surface area contributed by atoms with Crippen LogP contribution in [-0.2, 0) is 0 Å². The summed E-state index contributed by atoms with van der Waals surface area (Å²) >= 11 is 0. The van der Waals surface area contributed by atoms with E-state index in [1.807, 2.05) is 31.2 Å². The number of aromatic nitrogens is 2. The van der Waals surface area contributed by atoms with Gasteiger partial charge < -0.3 is 5.32 Å². The molecule has 1 unspecified atom stereocenters. The van der Waals surface area contributed by atoms with Crippen molar-refractivity contribution in [3.8, 4) is 0 Å². The zero-order chi connectivity index (χ0) is 19.0. The van der Waals surface area contributed by atoms with E-state index in [2.05, 4.69) is 20.6 Å². The van der Waals surface area contributed by atoms with Crippen molar-refractivity contribution in [3.05, 3.63) is 87.6 Å². The Balaban J connectivity index is 1.80. The maximum atomic E-state index is 13.3. The number of nitrogens with one attached hydrogen (secondary N) is 2.